The highest BCUT2D eigenvalue weighted by molar-refractivity contribution is 9.11. The van der Waals surface area contributed by atoms with Gasteiger partial charge in [0, 0.05) is 24.3 Å². The van der Waals surface area contributed by atoms with Crippen molar-refractivity contribution in [2.45, 2.75) is 13.1 Å². The van der Waals surface area contributed by atoms with E-state index >= 15 is 0 Å². The van der Waals surface area contributed by atoms with Crippen LogP contribution in [0.5, 0.6) is 0 Å². The highest BCUT2D eigenvalue weighted by Crippen LogP contribution is 2.03. The Labute approximate surface area is 134 Å². The van der Waals surface area contributed by atoms with E-state index in [0.29, 0.717) is 0 Å². The summed E-state index contributed by atoms with van der Waals surface area (Å²) in [6.45, 7) is 1.75. The largest absolute Gasteiger partial charge is 1.00 e. The molecule has 0 aliphatic heterocycles. The quantitative estimate of drug-likeness (QED) is 0.494. The second-order valence-electron chi connectivity index (χ2n) is 3.77. The monoisotopic (exact) mass is 360 g/mol. The van der Waals surface area contributed by atoms with Crippen molar-refractivity contribution in [1.29, 1.82) is 0 Å². The first kappa shape index (κ1) is 18.1. The molecule has 0 spiro atoms. The van der Waals surface area contributed by atoms with Gasteiger partial charge in [0.15, 0.2) is 37.9 Å². The second-order valence-corrected chi connectivity index (χ2v) is 4.79. The van der Waals surface area contributed by atoms with E-state index in [4.69, 9.17) is 0 Å². The molecule has 0 saturated heterocycles. The predicted octanol–water partition coefficient (Wildman–Crippen LogP) is -3.75. The number of rotatable bonds is 4. The minimum Gasteiger partial charge on any atom is -1.00 e. The van der Waals surface area contributed by atoms with Crippen molar-refractivity contribution in [3.05, 3.63) is 71.7 Å². The number of nitrogens with zero attached hydrogens (tertiary/aromatic N) is 2. The SMILES string of the molecule is BrC(=CC[n+]1ccccc1)C[n+]1ccccc1.[Cl-].[Cl-]. The standard InChI is InChI=1S/C14H15BrN2.2ClH/c15-14(13-17-10-5-2-6-11-17)7-12-16-8-3-1-4-9-16;;/h1-11H,12-13H2;2*1H/q+2;;/p-2. The zero-order valence-electron chi connectivity index (χ0n) is 10.3. The molecule has 2 rings (SSSR count). The van der Waals surface area contributed by atoms with E-state index in [-0.39, 0.29) is 24.8 Å². The molecule has 5 heteroatoms. The van der Waals surface area contributed by atoms with E-state index in [2.05, 4.69) is 55.9 Å². The average molecular weight is 362 g/mol. The third-order valence-electron chi connectivity index (χ3n) is 2.41. The summed E-state index contributed by atoms with van der Waals surface area (Å²) in [7, 11) is 0. The van der Waals surface area contributed by atoms with E-state index in [1.54, 1.807) is 0 Å². The van der Waals surface area contributed by atoms with Gasteiger partial charge < -0.3 is 24.8 Å². The molecule has 2 nitrogen and oxygen atoms in total. The Morgan fingerprint density at radius 2 is 1.26 bits per heavy atom. The molecular weight excluding hydrogens is 347 g/mol. The van der Waals surface area contributed by atoms with Crippen LogP contribution in [0.15, 0.2) is 71.7 Å². The Kier molecular flexibility index (Phi) is 9.48. The summed E-state index contributed by atoms with van der Waals surface area (Å²) in [5.74, 6) is 0. The Hall–Kier alpha value is -0.900. The van der Waals surface area contributed by atoms with Crippen molar-refractivity contribution in [2.75, 3.05) is 0 Å². The van der Waals surface area contributed by atoms with Crippen LogP contribution in [-0.4, -0.2) is 0 Å². The first-order valence-corrected chi connectivity index (χ1v) is 6.36. The van der Waals surface area contributed by atoms with Crippen LogP contribution >= 0.6 is 15.9 Å². The second kappa shape index (κ2) is 9.96. The lowest BCUT2D eigenvalue weighted by Crippen LogP contribution is -3.00. The van der Waals surface area contributed by atoms with E-state index in [1.807, 2.05) is 36.4 Å². The maximum Gasteiger partial charge on any atom is 0.180 e. The normalized spacial score (nSPS) is 10.3. The number of allylic oxidation sites excluding steroid dienone is 2. The summed E-state index contributed by atoms with van der Waals surface area (Å²) in [5, 5.41) is 0. The van der Waals surface area contributed by atoms with Crippen LogP contribution in [0.25, 0.3) is 0 Å². The first-order valence-electron chi connectivity index (χ1n) is 5.57. The minimum atomic E-state index is 0. The Morgan fingerprint density at radius 3 is 1.79 bits per heavy atom. The van der Waals surface area contributed by atoms with Gasteiger partial charge in [-0.3, -0.25) is 0 Å². The van der Waals surface area contributed by atoms with Crippen molar-refractivity contribution in [1.82, 2.24) is 0 Å². The molecule has 2 aromatic heterocycles. The Morgan fingerprint density at radius 1 is 0.789 bits per heavy atom. The summed E-state index contributed by atoms with van der Waals surface area (Å²) < 4.78 is 5.46. The van der Waals surface area contributed by atoms with Gasteiger partial charge in [-0.2, -0.15) is 0 Å². The smallest absolute Gasteiger partial charge is 0.180 e. The van der Waals surface area contributed by atoms with E-state index in [1.165, 1.54) is 4.48 Å². The van der Waals surface area contributed by atoms with Crippen LogP contribution in [0.2, 0.25) is 0 Å². The fourth-order valence-corrected chi connectivity index (χ4v) is 1.97. The highest BCUT2D eigenvalue weighted by Gasteiger charge is 2.02. The zero-order chi connectivity index (χ0) is 11.9. The third kappa shape index (κ3) is 6.71. The molecule has 102 valence electrons. The van der Waals surface area contributed by atoms with Crippen molar-refractivity contribution >= 4 is 15.9 Å². The fraction of sp³-hybridized carbons (Fsp3) is 0.143. The lowest BCUT2D eigenvalue weighted by Gasteiger charge is -1.95. The van der Waals surface area contributed by atoms with E-state index in [9.17, 15) is 0 Å². The van der Waals surface area contributed by atoms with Crippen LogP contribution in [0, 0.1) is 0 Å². The van der Waals surface area contributed by atoms with Crippen molar-refractivity contribution < 1.29 is 33.9 Å². The maximum atomic E-state index is 3.60. The summed E-state index contributed by atoms with van der Waals surface area (Å²) in [4.78, 5) is 0. The predicted molar refractivity (Wildman–Crippen MR) is 70.3 cm³/mol. The molecule has 0 aromatic carbocycles. The number of hydrogen-bond acceptors (Lipinski definition) is 0. The summed E-state index contributed by atoms with van der Waals surface area (Å²) in [6.07, 6.45) is 10.4. The van der Waals surface area contributed by atoms with Crippen molar-refractivity contribution in [3.63, 3.8) is 0 Å². The molecule has 0 aliphatic carbocycles. The third-order valence-corrected chi connectivity index (χ3v) is 2.99. The molecule has 2 heterocycles. The van der Waals surface area contributed by atoms with Gasteiger partial charge in [-0.15, -0.1) is 0 Å². The number of halogens is 3. The van der Waals surface area contributed by atoms with Gasteiger partial charge in [0.1, 0.15) is 0 Å². The molecular formula is C14H15BrCl2N2. The molecule has 2 aromatic rings. The first-order chi connectivity index (χ1) is 8.34. The molecule has 0 aliphatic rings. The molecule has 0 radical (unpaired) electrons. The number of aromatic nitrogens is 2. The molecule has 0 bridgehead atoms. The Bertz CT molecular complexity index is 489. The number of hydrogen-bond donors (Lipinski definition) is 0. The molecule has 19 heavy (non-hydrogen) atoms. The molecule has 0 fully saturated rings. The van der Waals surface area contributed by atoms with Crippen LogP contribution in [-0.2, 0) is 13.1 Å². The minimum absolute atomic E-state index is 0. The lowest BCUT2D eigenvalue weighted by atomic mass is 10.4. The van der Waals surface area contributed by atoms with Gasteiger partial charge >= 0.3 is 0 Å². The van der Waals surface area contributed by atoms with Gasteiger partial charge in [-0.1, -0.05) is 12.1 Å². The fourth-order valence-electron chi connectivity index (χ4n) is 1.54. The van der Waals surface area contributed by atoms with Crippen LogP contribution in [0.3, 0.4) is 0 Å². The topological polar surface area (TPSA) is 7.76 Å². The molecule has 0 atom stereocenters. The average Bonchev–Trinajstić information content (AvgIpc) is 2.39. The van der Waals surface area contributed by atoms with E-state index < -0.39 is 0 Å². The summed E-state index contributed by atoms with van der Waals surface area (Å²) in [5.41, 5.74) is 0. The van der Waals surface area contributed by atoms with Gasteiger partial charge in [0.2, 0.25) is 0 Å². The van der Waals surface area contributed by atoms with Crippen LogP contribution in [0.4, 0.5) is 0 Å². The van der Waals surface area contributed by atoms with E-state index in [0.717, 1.165) is 13.1 Å². The Balaban J connectivity index is 0.00000162. The zero-order valence-corrected chi connectivity index (χ0v) is 13.4. The lowest BCUT2D eigenvalue weighted by molar-refractivity contribution is -0.691. The van der Waals surface area contributed by atoms with Gasteiger partial charge in [-0.05, 0) is 22.0 Å². The van der Waals surface area contributed by atoms with Gasteiger partial charge in [-0.25, -0.2) is 9.13 Å². The molecule has 0 saturated carbocycles. The molecule has 0 amide bonds. The van der Waals surface area contributed by atoms with Crippen LogP contribution in [0.1, 0.15) is 0 Å². The molecule has 0 N–H and O–H groups in total. The van der Waals surface area contributed by atoms with Gasteiger partial charge in [0.25, 0.3) is 0 Å². The van der Waals surface area contributed by atoms with Crippen molar-refractivity contribution in [3.8, 4) is 0 Å². The van der Waals surface area contributed by atoms with Crippen molar-refractivity contribution in [2.24, 2.45) is 0 Å². The number of pyridine rings is 2. The van der Waals surface area contributed by atoms with Crippen LogP contribution < -0.4 is 33.9 Å². The van der Waals surface area contributed by atoms with Gasteiger partial charge in [0.05, 0.1) is 4.48 Å². The maximum absolute atomic E-state index is 3.60. The molecule has 0 unspecified atom stereocenters. The summed E-state index contributed by atoms with van der Waals surface area (Å²) in [6, 6.07) is 12.2. The summed E-state index contributed by atoms with van der Waals surface area (Å²) >= 11 is 3.60. The highest BCUT2D eigenvalue weighted by atomic mass is 79.9.